The maximum absolute atomic E-state index is 12.7. The number of pyridine rings is 1. The molecule has 3 rings (SSSR count). The number of anilines is 1. The van der Waals surface area contributed by atoms with Crippen molar-refractivity contribution in [1.82, 2.24) is 24.8 Å². The van der Waals surface area contributed by atoms with E-state index in [9.17, 15) is 18.0 Å². The van der Waals surface area contributed by atoms with Crippen LogP contribution in [0.25, 0.3) is 0 Å². The first-order valence-corrected chi connectivity index (χ1v) is 11.8. The van der Waals surface area contributed by atoms with Crippen LogP contribution in [0.5, 0.6) is 0 Å². The van der Waals surface area contributed by atoms with Gasteiger partial charge in [-0.1, -0.05) is 0 Å². The van der Waals surface area contributed by atoms with Gasteiger partial charge in [0.15, 0.2) is 0 Å². The predicted molar refractivity (Wildman–Crippen MR) is 114 cm³/mol. The van der Waals surface area contributed by atoms with Crippen LogP contribution in [0.1, 0.15) is 13.8 Å². The molecule has 0 atom stereocenters. The van der Waals surface area contributed by atoms with Gasteiger partial charge in [-0.25, -0.2) is 18.2 Å². The lowest BCUT2D eigenvalue weighted by atomic mass is 10.3. The number of nitrogens with zero attached hydrogens (tertiary/aromatic N) is 4. The van der Waals surface area contributed by atoms with Gasteiger partial charge in [0.2, 0.25) is 15.9 Å². The molecule has 11 nitrogen and oxygen atoms in total. The fourth-order valence-corrected chi connectivity index (χ4v) is 4.80. The van der Waals surface area contributed by atoms with E-state index in [0.717, 1.165) is 0 Å². The van der Waals surface area contributed by atoms with Gasteiger partial charge >= 0.3 is 6.03 Å². The number of imide groups is 1. The summed E-state index contributed by atoms with van der Waals surface area (Å²) in [7, 11) is -3.56. The Balaban J connectivity index is 1.49. The molecule has 1 aromatic heterocycles. The Morgan fingerprint density at radius 1 is 1.10 bits per heavy atom. The van der Waals surface area contributed by atoms with Crippen LogP contribution in [0, 0.1) is 0 Å². The van der Waals surface area contributed by atoms with Gasteiger partial charge in [-0.3, -0.25) is 15.0 Å². The average Bonchev–Trinajstić information content (AvgIpc) is 2.74. The van der Waals surface area contributed by atoms with E-state index in [4.69, 9.17) is 4.74 Å². The summed E-state index contributed by atoms with van der Waals surface area (Å²) in [6.07, 6.45) is 1.40. The van der Waals surface area contributed by atoms with Crippen LogP contribution in [0.3, 0.4) is 0 Å². The maximum atomic E-state index is 12.7. The minimum absolute atomic E-state index is 0.0425. The topological polar surface area (TPSA) is 124 Å². The van der Waals surface area contributed by atoms with Gasteiger partial charge in [-0.15, -0.1) is 0 Å². The normalized spacial score (nSPS) is 18.7. The van der Waals surface area contributed by atoms with Crippen LogP contribution in [-0.2, 0) is 19.6 Å². The first-order valence-electron chi connectivity index (χ1n) is 10.4. The molecule has 172 valence electrons. The third-order valence-corrected chi connectivity index (χ3v) is 6.95. The first kappa shape index (κ1) is 23.4. The van der Waals surface area contributed by atoms with Gasteiger partial charge in [0.05, 0.1) is 19.8 Å². The highest BCUT2D eigenvalue weighted by atomic mass is 32.2. The number of hydrogen-bond donors (Lipinski definition) is 2. The lowest BCUT2D eigenvalue weighted by molar-refractivity contribution is -0.121. The number of aromatic nitrogens is 1. The van der Waals surface area contributed by atoms with Gasteiger partial charge in [0, 0.05) is 51.5 Å². The molecule has 0 aromatic carbocycles. The van der Waals surface area contributed by atoms with Crippen molar-refractivity contribution in [3.8, 4) is 0 Å². The van der Waals surface area contributed by atoms with Crippen LogP contribution in [0.2, 0.25) is 0 Å². The van der Waals surface area contributed by atoms with Crippen LogP contribution < -0.4 is 15.5 Å². The Morgan fingerprint density at radius 3 is 2.35 bits per heavy atom. The van der Waals surface area contributed by atoms with E-state index in [-0.39, 0.29) is 23.4 Å². The smallest absolute Gasteiger partial charge is 0.321 e. The summed E-state index contributed by atoms with van der Waals surface area (Å²) in [6.45, 7) is 7.83. The molecule has 2 fully saturated rings. The number of rotatable bonds is 6. The summed E-state index contributed by atoms with van der Waals surface area (Å²) >= 11 is 0. The summed E-state index contributed by atoms with van der Waals surface area (Å²) in [5.74, 6) is 0.351. The molecule has 2 saturated heterocycles. The van der Waals surface area contributed by atoms with E-state index in [0.29, 0.717) is 58.3 Å². The zero-order chi connectivity index (χ0) is 22.4. The number of morpholine rings is 1. The second-order valence-corrected chi connectivity index (χ2v) is 9.75. The molecular formula is C19H30N6O5S. The second kappa shape index (κ2) is 10.4. The fourth-order valence-electron chi connectivity index (χ4n) is 3.45. The van der Waals surface area contributed by atoms with Crippen molar-refractivity contribution < 1.29 is 22.7 Å². The van der Waals surface area contributed by atoms with Crippen LogP contribution >= 0.6 is 0 Å². The number of ether oxygens (including phenoxy) is 1. The average molecular weight is 455 g/mol. The van der Waals surface area contributed by atoms with Crippen LogP contribution in [0.15, 0.2) is 23.2 Å². The quantitative estimate of drug-likeness (QED) is 0.587. The maximum Gasteiger partial charge on any atom is 0.321 e. The Morgan fingerprint density at radius 2 is 1.77 bits per heavy atom. The third kappa shape index (κ3) is 6.35. The number of nitrogens with one attached hydrogen (secondary N) is 2. The minimum Gasteiger partial charge on any atom is -0.379 e. The van der Waals surface area contributed by atoms with Gasteiger partial charge in [-0.2, -0.15) is 4.31 Å². The lowest BCUT2D eigenvalue weighted by Crippen LogP contribution is -2.51. The van der Waals surface area contributed by atoms with Crippen molar-refractivity contribution in [2.75, 3.05) is 63.9 Å². The number of carbonyl (C=O) groups is 2. The van der Waals surface area contributed by atoms with Crippen molar-refractivity contribution in [3.63, 3.8) is 0 Å². The molecule has 12 heteroatoms. The molecule has 0 bridgehead atoms. The molecule has 0 saturated carbocycles. The largest absolute Gasteiger partial charge is 0.379 e. The van der Waals surface area contributed by atoms with Crippen LogP contribution in [0.4, 0.5) is 10.6 Å². The van der Waals surface area contributed by atoms with E-state index >= 15 is 0 Å². The zero-order valence-electron chi connectivity index (χ0n) is 17.9. The Bertz CT molecular complexity index is 862. The lowest BCUT2D eigenvalue weighted by Gasteiger charge is -2.35. The molecule has 2 aliphatic heterocycles. The number of piperazine rings is 1. The highest BCUT2D eigenvalue weighted by Gasteiger charge is 2.27. The van der Waals surface area contributed by atoms with E-state index in [2.05, 4.69) is 15.6 Å². The van der Waals surface area contributed by atoms with Crippen molar-refractivity contribution >= 4 is 27.8 Å². The molecule has 0 spiro atoms. The van der Waals surface area contributed by atoms with Gasteiger partial charge in [0.25, 0.3) is 0 Å². The molecule has 31 heavy (non-hydrogen) atoms. The van der Waals surface area contributed by atoms with Crippen molar-refractivity contribution in [2.24, 2.45) is 0 Å². The number of amides is 3. The molecule has 3 amide bonds. The fraction of sp³-hybridized carbons (Fsp3) is 0.632. The molecule has 3 heterocycles. The Hall–Kier alpha value is -2.28. The van der Waals surface area contributed by atoms with Gasteiger partial charge in [-0.05, 0) is 26.0 Å². The predicted octanol–water partition coefficient (Wildman–Crippen LogP) is -0.541. The summed E-state index contributed by atoms with van der Waals surface area (Å²) in [6, 6.07) is 2.76. The highest BCUT2D eigenvalue weighted by Crippen LogP contribution is 2.20. The standard InChI is InChI=1S/C19H30N6O5S/c1-15(2)21-19(27)22-18(26)14-23-5-7-24(8-6-23)17-4-3-16(13-20-17)31(28,29)25-9-11-30-12-10-25/h3-4,13,15H,5-12,14H2,1-2H3,(H2,21,22,26,27). The number of sulfonamides is 1. The first-order chi connectivity index (χ1) is 14.8. The second-order valence-electron chi connectivity index (χ2n) is 7.81. The van der Waals surface area contributed by atoms with E-state index in [1.165, 1.54) is 10.5 Å². The molecule has 0 unspecified atom stereocenters. The highest BCUT2D eigenvalue weighted by molar-refractivity contribution is 7.89. The summed E-state index contributed by atoms with van der Waals surface area (Å²) in [5.41, 5.74) is 0. The molecule has 2 N–H and O–H groups in total. The molecule has 0 radical (unpaired) electrons. The van der Waals surface area contributed by atoms with Crippen LogP contribution in [-0.4, -0.2) is 99.6 Å². The van der Waals surface area contributed by atoms with E-state index < -0.39 is 16.1 Å². The molecule has 1 aromatic rings. The number of hydrogen-bond acceptors (Lipinski definition) is 8. The number of urea groups is 1. The Kier molecular flexibility index (Phi) is 7.81. The SMILES string of the molecule is CC(C)NC(=O)NC(=O)CN1CCN(c2ccc(S(=O)(=O)N3CCOCC3)cn2)CC1. The summed E-state index contributed by atoms with van der Waals surface area (Å²) in [5, 5.41) is 4.94. The van der Waals surface area contributed by atoms with Gasteiger partial charge < -0.3 is 15.0 Å². The monoisotopic (exact) mass is 454 g/mol. The minimum atomic E-state index is -3.56. The molecule has 0 aliphatic carbocycles. The zero-order valence-corrected chi connectivity index (χ0v) is 18.7. The Labute approximate surface area is 182 Å². The van der Waals surface area contributed by atoms with E-state index in [1.807, 2.05) is 23.6 Å². The third-order valence-electron chi connectivity index (χ3n) is 5.06. The van der Waals surface area contributed by atoms with Crippen molar-refractivity contribution in [1.29, 1.82) is 0 Å². The summed E-state index contributed by atoms with van der Waals surface area (Å²) < 4.78 is 32.0. The molecular weight excluding hydrogens is 424 g/mol. The summed E-state index contributed by atoms with van der Waals surface area (Å²) in [4.78, 5) is 32.2. The molecule has 2 aliphatic rings. The van der Waals surface area contributed by atoms with Gasteiger partial charge in [0.1, 0.15) is 10.7 Å². The van der Waals surface area contributed by atoms with E-state index in [1.54, 1.807) is 12.1 Å². The van der Waals surface area contributed by atoms with Crippen molar-refractivity contribution in [2.45, 2.75) is 24.8 Å². The number of carbonyl (C=O) groups excluding carboxylic acids is 2. The van der Waals surface area contributed by atoms with Crippen molar-refractivity contribution in [3.05, 3.63) is 18.3 Å².